The van der Waals surface area contributed by atoms with Crippen LogP contribution in [0.3, 0.4) is 0 Å². The molecule has 4 heteroatoms. The molecule has 3 N–H and O–H groups in total. The van der Waals surface area contributed by atoms with Crippen molar-refractivity contribution in [3.8, 4) is 0 Å². The fourth-order valence-electron chi connectivity index (χ4n) is 1.03. The van der Waals surface area contributed by atoms with Crippen molar-refractivity contribution in [2.45, 2.75) is 19.9 Å². The van der Waals surface area contributed by atoms with Crippen molar-refractivity contribution in [2.75, 3.05) is 5.32 Å². The Hall–Kier alpha value is -1.42. The van der Waals surface area contributed by atoms with Gasteiger partial charge < -0.3 is 11.1 Å². The first-order chi connectivity index (χ1) is 7.00. The Bertz CT molecular complexity index is 335. The fraction of sp³-hybridized carbons (Fsp3) is 0.364. The SMILES string of the molecule is CC(N)C(C)C(=O)Nc1ccc(F)cc1. The summed E-state index contributed by atoms with van der Waals surface area (Å²) in [6.07, 6.45) is 0. The van der Waals surface area contributed by atoms with Crippen molar-refractivity contribution in [1.82, 2.24) is 0 Å². The molecule has 0 radical (unpaired) electrons. The summed E-state index contributed by atoms with van der Waals surface area (Å²) in [6, 6.07) is 5.42. The molecule has 2 unspecified atom stereocenters. The van der Waals surface area contributed by atoms with Crippen LogP contribution in [0.15, 0.2) is 24.3 Å². The zero-order valence-corrected chi connectivity index (χ0v) is 8.83. The zero-order valence-electron chi connectivity index (χ0n) is 8.83. The molecule has 15 heavy (non-hydrogen) atoms. The van der Waals surface area contributed by atoms with E-state index in [1.54, 1.807) is 13.8 Å². The van der Waals surface area contributed by atoms with E-state index in [1.165, 1.54) is 24.3 Å². The average Bonchev–Trinajstić information content (AvgIpc) is 2.20. The molecule has 1 aromatic rings. The van der Waals surface area contributed by atoms with Gasteiger partial charge in [-0.05, 0) is 31.2 Å². The molecule has 3 nitrogen and oxygen atoms in total. The minimum absolute atomic E-state index is 0.156. The molecular weight excluding hydrogens is 195 g/mol. The first kappa shape index (κ1) is 11.7. The highest BCUT2D eigenvalue weighted by molar-refractivity contribution is 5.92. The van der Waals surface area contributed by atoms with Gasteiger partial charge in [0.25, 0.3) is 0 Å². The van der Waals surface area contributed by atoms with Gasteiger partial charge in [-0.3, -0.25) is 4.79 Å². The van der Waals surface area contributed by atoms with Crippen molar-refractivity contribution >= 4 is 11.6 Å². The molecule has 0 bridgehead atoms. The molecule has 0 aliphatic heterocycles. The quantitative estimate of drug-likeness (QED) is 0.798. The maximum absolute atomic E-state index is 12.6. The van der Waals surface area contributed by atoms with Gasteiger partial charge in [-0.25, -0.2) is 4.39 Å². The predicted octanol–water partition coefficient (Wildman–Crippen LogP) is 1.75. The van der Waals surface area contributed by atoms with Gasteiger partial charge >= 0.3 is 0 Å². The van der Waals surface area contributed by atoms with Gasteiger partial charge in [0.15, 0.2) is 0 Å². The molecule has 0 saturated carbocycles. The molecule has 1 rings (SSSR count). The first-order valence-corrected chi connectivity index (χ1v) is 4.82. The molecular formula is C11H15FN2O. The van der Waals surface area contributed by atoms with Crippen molar-refractivity contribution in [3.63, 3.8) is 0 Å². The van der Waals surface area contributed by atoms with Crippen LogP contribution in [-0.2, 0) is 4.79 Å². The lowest BCUT2D eigenvalue weighted by atomic mass is 10.0. The van der Waals surface area contributed by atoms with E-state index in [-0.39, 0.29) is 23.7 Å². The van der Waals surface area contributed by atoms with Crippen molar-refractivity contribution in [1.29, 1.82) is 0 Å². The number of rotatable bonds is 3. The summed E-state index contributed by atoms with van der Waals surface area (Å²) in [6.45, 7) is 3.53. The van der Waals surface area contributed by atoms with Crippen LogP contribution in [0.5, 0.6) is 0 Å². The number of nitrogens with one attached hydrogen (secondary N) is 1. The Labute approximate surface area is 88.5 Å². The van der Waals surface area contributed by atoms with Gasteiger partial charge in [0.2, 0.25) is 5.91 Å². The van der Waals surface area contributed by atoms with Gasteiger partial charge in [-0.2, -0.15) is 0 Å². The number of halogens is 1. The summed E-state index contributed by atoms with van der Waals surface area (Å²) in [5.41, 5.74) is 6.17. The van der Waals surface area contributed by atoms with E-state index in [2.05, 4.69) is 5.32 Å². The number of nitrogens with two attached hydrogens (primary N) is 1. The van der Waals surface area contributed by atoms with E-state index in [1.807, 2.05) is 0 Å². The lowest BCUT2D eigenvalue weighted by molar-refractivity contribution is -0.119. The maximum atomic E-state index is 12.6. The predicted molar refractivity (Wildman–Crippen MR) is 57.8 cm³/mol. The van der Waals surface area contributed by atoms with E-state index in [4.69, 9.17) is 5.73 Å². The van der Waals surface area contributed by atoms with E-state index >= 15 is 0 Å². The Morgan fingerprint density at radius 3 is 2.33 bits per heavy atom. The third-order valence-corrected chi connectivity index (χ3v) is 2.31. The second-order valence-electron chi connectivity index (χ2n) is 3.64. The van der Waals surface area contributed by atoms with Gasteiger partial charge in [-0.15, -0.1) is 0 Å². The Morgan fingerprint density at radius 1 is 1.33 bits per heavy atom. The molecule has 0 aromatic heterocycles. The molecule has 0 aliphatic rings. The number of anilines is 1. The van der Waals surface area contributed by atoms with Crippen LogP contribution in [0.25, 0.3) is 0 Å². The Morgan fingerprint density at radius 2 is 1.87 bits per heavy atom. The monoisotopic (exact) mass is 210 g/mol. The Balaban J connectivity index is 2.62. The van der Waals surface area contributed by atoms with Crippen molar-refractivity contribution in [2.24, 2.45) is 11.7 Å². The fourth-order valence-corrected chi connectivity index (χ4v) is 1.03. The molecule has 0 fully saturated rings. The number of hydrogen-bond acceptors (Lipinski definition) is 2. The number of carbonyl (C=O) groups is 1. The van der Waals surface area contributed by atoms with Crippen LogP contribution in [0.2, 0.25) is 0 Å². The van der Waals surface area contributed by atoms with Crippen molar-refractivity contribution < 1.29 is 9.18 Å². The molecule has 1 amide bonds. The lowest BCUT2D eigenvalue weighted by Gasteiger charge is -2.15. The topological polar surface area (TPSA) is 55.1 Å². The van der Waals surface area contributed by atoms with Crippen LogP contribution in [0.4, 0.5) is 10.1 Å². The molecule has 0 heterocycles. The van der Waals surface area contributed by atoms with Crippen LogP contribution in [0.1, 0.15) is 13.8 Å². The minimum Gasteiger partial charge on any atom is -0.327 e. The lowest BCUT2D eigenvalue weighted by Crippen LogP contribution is -2.34. The second kappa shape index (κ2) is 4.89. The molecule has 82 valence electrons. The highest BCUT2D eigenvalue weighted by atomic mass is 19.1. The highest BCUT2D eigenvalue weighted by Gasteiger charge is 2.16. The van der Waals surface area contributed by atoms with Crippen molar-refractivity contribution in [3.05, 3.63) is 30.1 Å². The van der Waals surface area contributed by atoms with Crippen LogP contribution < -0.4 is 11.1 Å². The second-order valence-corrected chi connectivity index (χ2v) is 3.64. The van der Waals surface area contributed by atoms with Crippen LogP contribution >= 0.6 is 0 Å². The summed E-state index contributed by atoms with van der Waals surface area (Å²) in [4.78, 5) is 11.6. The van der Waals surface area contributed by atoms with Crippen LogP contribution in [-0.4, -0.2) is 11.9 Å². The van der Waals surface area contributed by atoms with E-state index < -0.39 is 0 Å². The third-order valence-electron chi connectivity index (χ3n) is 2.31. The van der Waals surface area contributed by atoms with E-state index in [9.17, 15) is 9.18 Å². The average molecular weight is 210 g/mol. The van der Waals surface area contributed by atoms with Gasteiger partial charge in [-0.1, -0.05) is 6.92 Å². The first-order valence-electron chi connectivity index (χ1n) is 4.82. The molecule has 0 aliphatic carbocycles. The molecule has 2 atom stereocenters. The number of benzene rings is 1. The number of carbonyl (C=O) groups excluding carboxylic acids is 1. The molecule has 0 saturated heterocycles. The molecule has 1 aromatic carbocycles. The zero-order chi connectivity index (χ0) is 11.4. The standard InChI is InChI=1S/C11H15FN2O/c1-7(8(2)13)11(15)14-10-5-3-9(12)4-6-10/h3-8H,13H2,1-2H3,(H,14,15). The smallest absolute Gasteiger partial charge is 0.228 e. The summed E-state index contributed by atoms with van der Waals surface area (Å²) in [5, 5.41) is 2.66. The summed E-state index contributed by atoms with van der Waals surface area (Å²) in [5.74, 6) is -0.750. The third kappa shape index (κ3) is 3.32. The van der Waals surface area contributed by atoms with Gasteiger partial charge in [0, 0.05) is 11.7 Å². The normalized spacial score (nSPS) is 14.4. The summed E-state index contributed by atoms with van der Waals surface area (Å²) < 4.78 is 12.6. The molecule has 0 spiro atoms. The minimum atomic E-state index is -0.326. The van der Waals surface area contributed by atoms with E-state index in [0.717, 1.165) is 0 Å². The number of amides is 1. The van der Waals surface area contributed by atoms with Gasteiger partial charge in [0.05, 0.1) is 5.92 Å². The Kier molecular flexibility index (Phi) is 3.80. The van der Waals surface area contributed by atoms with E-state index in [0.29, 0.717) is 5.69 Å². The largest absolute Gasteiger partial charge is 0.327 e. The van der Waals surface area contributed by atoms with Crippen LogP contribution in [0, 0.1) is 11.7 Å². The maximum Gasteiger partial charge on any atom is 0.228 e. The highest BCUT2D eigenvalue weighted by Crippen LogP contribution is 2.10. The summed E-state index contributed by atoms with van der Waals surface area (Å²) >= 11 is 0. The van der Waals surface area contributed by atoms with Gasteiger partial charge in [0.1, 0.15) is 5.82 Å². The summed E-state index contributed by atoms with van der Waals surface area (Å²) in [7, 11) is 0. The number of hydrogen-bond donors (Lipinski definition) is 2.